The standard InChI is InChI=1S/C17H18ClNO2/c18-16-8-4-3-5-13(16)9-10-19-17(21)11-14-6-1-2-7-15(14)12-20/h1-8,20H,9-12H2,(H,19,21). The molecule has 0 saturated carbocycles. The first kappa shape index (κ1) is 15.5. The van der Waals surface area contributed by atoms with Crippen LogP contribution in [0.25, 0.3) is 0 Å². The summed E-state index contributed by atoms with van der Waals surface area (Å²) >= 11 is 6.07. The number of hydrogen-bond acceptors (Lipinski definition) is 2. The Bertz CT molecular complexity index is 613. The maximum atomic E-state index is 11.9. The molecule has 0 heterocycles. The van der Waals surface area contributed by atoms with E-state index in [4.69, 9.17) is 11.6 Å². The van der Waals surface area contributed by atoms with E-state index < -0.39 is 0 Å². The Morgan fingerprint density at radius 3 is 2.29 bits per heavy atom. The number of halogens is 1. The van der Waals surface area contributed by atoms with Crippen LogP contribution < -0.4 is 5.32 Å². The SMILES string of the molecule is O=C(Cc1ccccc1CO)NCCc1ccccc1Cl. The zero-order valence-corrected chi connectivity index (χ0v) is 12.4. The maximum absolute atomic E-state index is 11.9. The van der Waals surface area contributed by atoms with Crippen molar-refractivity contribution in [3.8, 4) is 0 Å². The number of hydrogen-bond donors (Lipinski definition) is 2. The van der Waals surface area contributed by atoms with Crippen LogP contribution in [0.4, 0.5) is 0 Å². The number of carbonyl (C=O) groups is 1. The Hall–Kier alpha value is -1.84. The average Bonchev–Trinajstić information content (AvgIpc) is 2.50. The Labute approximate surface area is 129 Å². The monoisotopic (exact) mass is 303 g/mol. The number of carbonyl (C=O) groups excluding carboxylic acids is 1. The molecule has 2 aromatic carbocycles. The molecule has 0 unspecified atom stereocenters. The van der Waals surface area contributed by atoms with Gasteiger partial charge < -0.3 is 10.4 Å². The highest BCUT2D eigenvalue weighted by Gasteiger charge is 2.07. The minimum atomic E-state index is -0.0528. The van der Waals surface area contributed by atoms with Crippen LogP contribution in [0.5, 0.6) is 0 Å². The van der Waals surface area contributed by atoms with Crippen molar-refractivity contribution in [2.45, 2.75) is 19.4 Å². The van der Waals surface area contributed by atoms with Gasteiger partial charge in [0.05, 0.1) is 13.0 Å². The molecule has 2 N–H and O–H groups in total. The molecule has 0 aliphatic carbocycles. The number of benzene rings is 2. The lowest BCUT2D eigenvalue weighted by Crippen LogP contribution is -2.27. The quantitative estimate of drug-likeness (QED) is 0.862. The van der Waals surface area contributed by atoms with E-state index in [2.05, 4.69) is 5.32 Å². The molecule has 3 nitrogen and oxygen atoms in total. The number of aliphatic hydroxyl groups excluding tert-OH is 1. The van der Waals surface area contributed by atoms with Gasteiger partial charge in [0, 0.05) is 11.6 Å². The number of amides is 1. The second kappa shape index (κ2) is 7.81. The molecule has 0 atom stereocenters. The minimum absolute atomic E-state index is 0.0525. The number of nitrogens with one attached hydrogen (secondary N) is 1. The first-order valence-electron chi connectivity index (χ1n) is 6.88. The third kappa shape index (κ3) is 4.59. The van der Waals surface area contributed by atoms with Crippen molar-refractivity contribution in [2.75, 3.05) is 6.54 Å². The van der Waals surface area contributed by atoms with Crippen LogP contribution >= 0.6 is 11.6 Å². The first-order chi connectivity index (χ1) is 10.2. The largest absolute Gasteiger partial charge is 0.392 e. The van der Waals surface area contributed by atoms with Gasteiger partial charge in [0.2, 0.25) is 5.91 Å². The van der Waals surface area contributed by atoms with E-state index >= 15 is 0 Å². The van der Waals surface area contributed by atoms with Gasteiger partial charge in [-0.1, -0.05) is 54.1 Å². The molecule has 110 valence electrons. The molecule has 0 aliphatic heterocycles. The lowest BCUT2D eigenvalue weighted by atomic mass is 10.0. The van der Waals surface area contributed by atoms with Gasteiger partial charge in [0.15, 0.2) is 0 Å². The molecule has 0 fully saturated rings. The molecule has 4 heteroatoms. The molecule has 0 aliphatic rings. The van der Waals surface area contributed by atoms with E-state index in [1.54, 1.807) is 0 Å². The van der Waals surface area contributed by atoms with Crippen molar-refractivity contribution >= 4 is 17.5 Å². The predicted molar refractivity (Wildman–Crippen MR) is 84.2 cm³/mol. The van der Waals surface area contributed by atoms with Crippen molar-refractivity contribution in [1.82, 2.24) is 5.32 Å². The molecule has 0 aromatic heterocycles. The molecule has 0 bridgehead atoms. The zero-order chi connectivity index (χ0) is 15.1. The Morgan fingerprint density at radius 1 is 1.00 bits per heavy atom. The first-order valence-corrected chi connectivity index (χ1v) is 7.26. The molecule has 0 radical (unpaired) electrons. The highest BCUT2D eigenvalue weighted by molar-refractivity contribution is 6.31. The van der Waals surface area contributed by atoms with Gasteiger partial charge in [-0.25, -0.2) is 0 Å². The van der Waals surface area contributed by atoms with Crippen molar-refractivity contribution < 1.29 is 9.90 Å². The Balaban J connectivity index is 1.84. The smallest absolute Gasteiger partial charge is 0.224 e. The molecule has 2 aromatic rings. The van der Waals surface area contributed by atoms with E-state index in [0.29, 0.717) is 13.0 Å². The van der Waals surface area contributed by atoms with Crippen LogP contribution in [0.15, 0.2) is 48.5 Å². The Kier molecular flexibility index (Phi) is 5.78. The molecule has 21 heavy (non-hydrogen) atoms. The fourth-order valence-electron chi connectivity index (χ4n) is 2.16. The van der Waals surface area contributed by atoms with Gasteiger partial charge in [0.1, 0.15) is 0 Å². The van der Waals surface area contributed by atoms with Crippen molar-refractivity contribution in [1.29, 1.82) is 0 Å². The lowest BCUT2D eigenvalue weighted by molar-refractivity contribution is -0.120. The normalized spacial score (nSPS) is 10.4. The fraction of sp³-hybridized carbons (Fsp3) is 0.235. The van der Waals surface area contributed by atoms with E-state index in [1.165, 1.54) is 0 Å². The van der Waals surface area contributed by atoms with Gasteiger partial charge >= 0.3 is 0 Å². The van der Waals surface area contributed by atoms with Crippen LogP contribution in [-0.2, 0) is 24.2 Å². The van der Waals surface area contributed by atoms with E-state index in [9.17, 15) is 9.90 Å². The topological polar surface area (TPSA) is 49.3 Å². The van der Waals surface area contributed by atoms with Crippen LogP contribution in [0.2, 0.25) is 5.02 Å². The van der Waals surface area contributed by atoms with Crippen LogP contribution in [-0.4, -0.2) is 17.6 Å². The summed E-state index contributed by atoms with van der Waals surface area (Å²) in [6.07, 6.45) is 0.978. The second-order valence-corrected chi connectivity index (χ2v) is 5.20. The summed E-state index contributed by atoms with van der Waals surface area (Å²) in [5.74, 6) is -0.0528. The maximum Gasteiger partial charge on any atom is 0.224 e. The molecule has 1 amide bonds. The van der Waals surface area contributed by atoms with Gasteiger partial charge in [-0.3, -0.25) is 4.79 Å². The third-order valence-corrected chi connectivity index (χ3v) is 3.68. The second-order valence-electron chi connectivity index (χ2n) is 4.79. The van der Waals surface area contributed by atoms with E-state index in [-0.39, 0.29) is 18.9 Å². The van der Waals surface area contributed by atoms with Gasteiger partial charge in [0.25, 0.3) is 0 Å². The van der Waals surface area contributed by atoms with Crippen LogP contribution in [0.1, 0.15) is 16.7 Å². The zero-order valence-electron chi connectivity index (χ0n) is 11.7. The van der Waals surface area contributed by atoms with Gasteiger partial charge in [-0.15, -0.1) is 0 Å². The number of rotatable bonds is 6. The summed E-state index contributed by atoms with van der Waals surface area (Å²) in [7, 11) is 0. The average molecular weight is 304 g/mol. The molecule has 2 rings (SSSR count). The molecular formula is C17H18ClNO2. The highest BCUT2D eigenvalue weighted by Crippen LogP contribution is 2.15. The fourth-order valence-corrected chi connectivity index (χ4v) is 2.39. The van der Waals surface area contributed by atoms with Crippen LogP contribution in [0.3, 0.4) is 0 Å². The van der Waals surface area contributed by atoms with Crippen LogP contribution in [0, 0.1) is 0 Å². The molecule has 0 saturated heterocycles. The Morgan fingerprint density at radius 2 is 1.62 bits per heavy atom. The summed E-state index contributed by atoms with van der Waals surface area (Å²) in [4.78, 5) is 11.9. The van der Waals surface area contributed by atoms with E-state index in [1.807, 2.05) is 48.5 Å². The van der Waals surface area contributed by atoms with Crippen molar-refractivity contribution in [3.05, 3.63) is 70.2 Å². The molecular weight excluding hydrogens is 286 g/mol. The lowest BCUT2D eigenvalue weighted by Gasteiger charge is -2.09. The summed E-state index contributed by atoms with van der Waals surface area (Å²) in [5, 5.41) is 12.8. The van der Waals surface area contributed by atoms with Crippen molar-refractivity contribution in [2.24, 2.45) is 0 Å². The predicted octanol–water partition coefficient (Wildman–Crippen LogP) is 2.73. The summed E-state index contributed by atoms with van der Waals surface area (Å²) in [6, 6.07) is 15.0. The highest BCUT2D eigenvalue weighted by atomic mass is 35.5. The summed E-state index contributed by atoms with van der Waals surface area (Å²) < 4.78 is 0. The molecule has 0 spiro atoms. The van der Waals surface area contributed by atoms with Gasteiger partial charge in [-0.2, -0.15) is 0 Å². The van der Waals surface area contributed by atoms with E-state index in [0.717, 1.165) is 21.7 Å². The third-order valence-electron chi connectivity index (χ3n) is 3.31. The van der Waals surface area contributed by atoms with Crippen molar-refractivity contribution in [3.63, 3.8) is 0 Å². The minimum Gasteiger partial charge on any atom is -0.392 e. The van der Waals surface area contributed by atoms with Gasteiger partial charge in [-0.05, 0) is 29.2 Å². The summed E-state index contributed by atoms with van der Waals surface area (Å²) in [6.45, 7) is 0.493. The number of aliphatic hydroxyl groups is 1. The summed E-state index contributed by atoms with van der Waals surface area (Å²) in [5.41, 5.74) is 2.67.